The third-order valence-electron chi connectivity index (χ3n) is 2.80. The van der Waals surface area contributed by atoms with Crippen LogP contribution < -0.4 is 5.73 Å². The summed E-state index contributed by atoms with van der Waals surface area (Å²) < 4.78 is 1.87. The quantitative estimate of drug-likeness (QED) is 0.303. The minimum Gasteiger partial charge on any atom is -0.324 e. The minimum atomic E-state index is -0.176. The molecule has 0 heterocycles. The molecule has 0 saturated heterocycles. The van der Waals surface area contributed by atoms with Crippen molar-refractivity contribution < 1.29 is 11.0 Å². The number of nitrogens with two attached hydrogens (primary N) is 1. The van der Waals surface area contributed by atoms with Crippen LogP contribution in [0.4, 0.5) is 0 Å². The van der Waals surface area contributed by atoms with Crippen LogP contribution >= 0.6 is 31.9 Å². The standard InChI is InChI=1S/C8H6BrN3O.C8H8BrNO.H2/c9-7-3-1-6(2-4-7)8(13)5-11-12-10;9-7-3-1-6(2-4-7)8(11)5-10;/h1-4H,5H2;1-4H,5,10H2;1H. The SMILES string of the molecule is NCC(=O)c1ccc(Br)cc1.[HH].[N-]=[N+]=NCC(=O)c1ccc(Br)cc1. The zero-order valence-electron chi connectivity index (χ0n) is 12.5. The third-order valence-corrected chi connectivity index (χ3v) is 3.85. The van der Waals surface area contributed by atoms with Gasteiger partial charge in [0, 0.05) is 26.4 Å². The van der Waals surface area contributed by atoms with Gasteiger partial charge in [0.2, 0.25) is 0 Å². The van der Waals surface area contributed by atoms with Gasteiger partial charge in [-0.2, -0.15) is 0 Å². The molecule has 2 N–H and O–H groups in total. The van der Waals surface area contributed by atoms with E-state index in [1.54, 1.807) is 36.4 Å². The fourth-order valence-corrected chi connectivity index (χ4v) is 2.11. The highest BCUT2D eigenvalue weighted by molar-refractivity contribution is 9.10. The molecule has 2 aromatic rings. The van der Waals surface area contributed by atoms with Crippen molar-refractivity contribution >= 4 is 43.4 Å². The van der Waals surface area contributed by atoms with E-state index in [2.05, 4.69) is 41.9 Å². The lowest BCUT2D eigenvalue weighted by Gasteiger charge is -1.96. The van der Waals surface area contributed by atoms with Crippen molar-refractivity contribution in [2.24, 2.45) is 10.8 Å². The van der Waals surface area contributed by atoms with E-state index in [0.717, 1.165) is 8.95 Å². The van der Waals surface area contributed by atoms with E-state index >= 15 is 0 Å². The fraction of sp³-hybridized carbons (Fsp3) is 0.125. The van der Waals surface area contributed by atoms with Crippen molar-refractivity contribution in [2.45, 2.75) is 0 Å². The molecule has 0 aliphatic heterocycles. The monoisotopic (exact) mass is 454 g/mol. The summed E-state index contributed by atoms with van der Waals surface area (Å²) in [6.45, 7) is -0.0558. The first kappa shape index (κ1) is 20.1. The molecule has 0 bridgehead atoms. The van der Waals surface area contributed by atoms with Gasteiger partial charge >= 0.3 is 0 Å². The van der Waals surface area contributed by atoms with Crippen molar-refractivity contribution in [1.29, 1.82) is 0 Å². The number of hydrogen-bond acceptors (Lipinski definition) is 4. The molecule has 0 aliphatic rings. The number of carbonyl (C=O) groups excluding carboxylic acids is 2. The average molecular weight is 456 g/mol. The van der Waals surface area contributed by atoms with Crippen molar-refractivity contribution in [3.05, 3.63) is 79.0 Å². The Hall–Kier alpha value is -1.99. The molecule has 0 aliphatic carbocycles. The second-order valence-electron chi connectivity index (χ2n) is 4.45. The summed E-state index contributed by atoms with van der Waals surface area (Å²) in [7, 11) is 0. The molecule has 24 heavy (non-hydrogen) atoms. The molecule has 6 nitrogen and oxygen atoms in total. The number of carbonyl (C=O) groups is 2. The van der Waals surface area contributed by atoms with Crippen molar-refractivity contribution in [3.63, 3.8) is 0 Å². The summed E-state index contributed by atoms with van der Waals surface area (Å²) in [5.74, 6) is -0.206. The molecular weight excluding hydrogens is 440 g/mol. The number of azide groups is 1. The molecule has 0 unspecified atom stereocenters. The Kier molecular flexibility index (Phi) is 8.96. The van der Waals surface area contributed by atoms with Gasteiger partial charge in [0.25, 0.3) is 0 Å². The Balaban J connectivity index is 0.000000449. The Morgan fingerprint density at radius 1 is 0.958 bits per heavy atom. The van der Waals surface area contributed by atoms with Gasteiger partial charge in [-0.25, -0.2) is 0 Å². The van der Waals surface area contributed by atoms with Crippen LogP contribution in [0, 0.1) is 0 Å². The van der Waals surface area contributed by atoms with E-state index in [9.17, 15) is 9.59 Å². The summed E-state index contributed by atoms with van der Waals surface area (Å²) >= 11 is 6.53. The largest absolute Gasteiger partial charge is 0.324 e. The number of halogens is 2. The molecule has 0 radical (unpaired) electrons. The Morgan fingerprint density at radius 2 is 1.38 bits per heavy atom. The van der Waals surface area contributed by atoms with E-state index in [0.29, 0.717) is 11.1 Å². The average Bonchev–Trinajstić information content (AvgIpc) is 2.61. The smallest absolute Gasteiger partial charge is 0.176 e. The van der Waals surface area contributed by atoms with E-state index in [4.69, 9.17) is 11.3 Å². The summed E-state index contributed by atoms with van der Waals surface area (Å²) in [4.78, 5) is 24.7. The molecule has 0 aromatic heterocycles. The normalized spacial score (nSPS) is 9.29. The van der Waals surface area contributed by atoms with Crippen LogP contribution in [0.25, 0.3) is 10.4 Å². The number of hydrogen-bond donors (Lipinski definition) is 1. The number of Topliss-reactive ketones (excluding diaryl/α,β-unsaturated/α-hetero) is 2. The van der Waals surface area contributed by atoms with Crippen LogP contribution in [0.5, 0.6) is 0 Å². The van der Waals surface area contributed by atoms with Gasteiger partial charge in [-0.05, 0) is 29.8 Å². The van der Waals surface area contributed by atoms with Gasteiger partial charge in [-0.3, -0.25) is 9.59 Å². The molecule has 0 spiro atoms. The zero-order chi connectivity index (χ0) is 17.9. The molecule has 0 saturated carbocycles. The second kappa shape index (κ2) is 10.7. The van der Waals surface area contributed by atoms with Crippen LogP contribution in [-0.4, -0.2) is 24.7 Å². The summed E-state index contributed by atoms with van der Waals surface area (Å²) in [5, 5.41) is 3.19. The van der Waals surface area contributed by atoms with Gasteiger partial charge in [-0.15, -0.1) is 0 Å². The first-order chi connectivity index (χ1) is 11.5. The number of rotatable bonds is 5. The van der Waals surface area contributed by atoms with Crippen LogP contribution in [0.1, 0.15) is 22.1 Å². The maximum Gasteiger partial charge on any atom is 0.176 e. The number of benzene rings is 2. The Labute approximate surface area is 157 Å². The van der Waals surface area contributed by atoms with Crippen LogP contribution in [0.15, 0.2) is 62.6 Å². The molecule has 126 valence electrons. The van der Waals surface area contributed by atoms with Gasteiger partial charge in [0.05, 0.1) is 13.1 Å². The zero-order valence-corrected chi connectivity index (χ0v) is 15.7. The molecule has 0 fully saturated rings. The highest BCUT2D eigenvalue weighted by Gasteiger charge is 2.02. The topological polar surface area (TPSA) is 109 Å². The summed E-state index contributed by atoms with van der Waals surface area (Å²) in [6, 6.07) is 14.0. The summed E-state index contributed by atoms with van der Waals surface area (Å²) in [5.41, 5.74) is 14.4. The molecular formula is C16H16Br2N4O2. The number of ketones is 2. The van der Waals surface area contributed by atoms with Crippen molar-refractivity contribution in [1.82, 2.24) is 0 Å². The second-order valence-corrected chi connectivity index (χ2v) is 6.28. The maximum atomic E-state index is 11.2. The van der Waals surface area contributed by atoms with Gasteiger partial charge < -0.3 is 5.73 Å². The highest BCUT2D eigenvalue weighted by atomic mass is 79.9. The van der Waals surface area contributed by atoms with E-state index < -0.39 is 0 Å². The third kappa shape index (κ3) is 7.06. The minimum absolute atomic E-state index is 0. The lowest BCUT2D eigenvalue weighted by molar-refractivity contribution is 0.0993. The first-order valence-electron chi connectivity index (χ1n) is 6.76. The van der Waals surface area contributed by atoms with E-state index in [1.165, 1.54) is 0 Å². The first-order valence-corrected chi connectivity index (χ1v) is 8.35. The lowest BCUT2D eigenvalue weighted by Crippen LogP contribution is -2.13. The molecule has 0 atom stereocenters. The fourth-order valence-electron chi connectivity index (χ4n) is 1.58. The lowest BCUT2D eigenvalue weighted by atomic mass is 10.1. The number of nitrogens with zero attached hydrogens (tertiary/aromatic N) is 3. The van der Waals surface area contributed by atoms with Gasteiger partial charge in [-0.1, -0.05) is 61.2 Å². The predicted molar refractivity (Wildman–Crippen MR) is 102 cm³/mol. The van der Waals surface area contributed by atoms with Crippen molar-refractivity contribution in [2.75, 3.05) is 13.1 Å². The molecule has 2 rings (SSSR count). The molecule has 8 heteroatoms. The predicted octanol–water partition coefficient (Wildman–Crippen LogP) is 4.78. The summed E-state index contributed by atoms with van der Waals surface area (Å²) in [6.07, 6.45) is 0. The molecule has 0 amide bonds. The van der Waals surface area contributed by atoms with Crippen LogP contribution in [0.3, 0.4) is 0 Å². The maximum absolute atomic E-state index is 11.2. The Morgan fingerprint density at radius 3 is 1.75 bits per heavy atom. The van der Waals surface area contributed by atoms with Crippen molar-refractivity contribution in [3.8, 4) is 0 Å². The van der Waals surface area contributed by atoms with Gasteiger partial charge in [0.15, 0.2) is 11.6 Å². The Bertz CT molecular complexity index is 746. The van der Waals surface area contributed by atoms with Gasteiger partial charge in [0.1, 0.15) is 0 Å². The highest BCUT2D eigenvalue weighted by Crippen LogP contribution is 2.11. The van der Waals surface area contributed by atoms with Crippen LogP contribution in [0.2, 0.25) is 0 Å². The van der Waals surface area contributed by atoms with Crippen LogP contribution in [-0.2, 0) is 0 Å². The van der Waals surface area contributed by atoms with E-state index in [-0.39, 0.29) is 26.1 Å². The van der Waals surface area contributed by atoms with E-state index in [1.807, 2.05) is 12.1 Å². The molecule has 2 aromatic carbocycles.